The molecule has 1 atom stereocenters. The SMILES string of the molecule is CCC(C)N(C)CCNS(=O)(=O)c1ccnc(NN)c1. The minimum absolute atomic E-state index is 0.145. The maximum absolute atomic E-state index is 12.1. The van der Waals surface area contributed by atoms with Crippen molar-refractivity contribution in [2.45, 2.75) is 31.2 Å². The topological polar surface area (TPSA) is 100 Å². The first-order chi connectivity index (χ1) is 9.40. The van der Waals surface area contributed by atoms with Crippen molar-refractivity contribution in [2.24, 2.45) is 5.84 Å². The van der Waals surface area contributed by atoms with Crippen LogP contribution in [0.3, 0.4) is 0 Å². The van der Waals surface area contributed by atoms with E-state index in [4.69, 9.17) is 5.84 Å². The number of nitrogens with two attached hydrogens (primary N) is 1. The molecule has 1 heterocycles. The van der Waals surface area contributed by atoms with Crippen molar-refractivity contribution in [3.63, 3.8) is 0 Å². The first kappa shape index (κ1) is 16.8. The lowest BCUT2D eigenvalue weighted by atomic mass is 10.2. The minimum atomic E-state index is -3.53. The van der Waals surface area contributed by atoms with E-state index < -0.39 is 10.0 Å². The van der Waals surface area contributed by atoms with E-state index in [9.17, 15) is 8.42 Å². The van der Waals surface area contributed by atoms with E-state index in [0.29, 0.717) is 24.9 Å². The molecule has 0 aliphatic carbocycles. The standard InChI is InChI=1S/C12H23N5O2S/c1-4-10(2)17(3)8-7-15-20(18,19)11-5-6-14-12(9-11)16-13/h5-6,9-10,15H,4,7-8,13H2,1-3H3,(H,14,16). The van der Waals surface area contributed by atoms with E-state index >= 15 is 0 Å². The lowest BCUT2D eigenvalue weighted by molar-refractivity contribution is 0.256. The van der Waals surface area contributed by atoms with Crippen molar-refractivity contribution < 1.29 is 8.42 Å². The van der Waals surface area contributed by atoms with Crippen molar-refractivity contribution in [2.75, 3.05) is 25.6 Å². The molecule has 1 unspecified atom stereocenters. The first-order valence-corrected chi connectivity index (χ1v) is 8.01. The summed E-state index contributed by atoms with van der Waals surface area (Å²) in [7, 11) is -1.56. The number of pyridine rings is 1. The number of hydrogen-bond donors (Lipinski definition) is 3. The number of hydrogen-bond acceptors (Lipinski definition) is 6. The van der Waals surface area contributed by atoms with Crippen molar-refractivity contribution in [3.8, 4) is 0 Å². The van der Waals surface area contributed by atoms with Gasteiger partial charge < -0.3 is 10.3 Å². The molecule has 0 aliphatic heterocycles. The van der Waals surface area contributed by atoms with E-state index in [0.717, 1.165) is 6.42 Å². The molecule has 1 aromatic heterocycles. The van der Waals surface area contributed by atoms with E-state index in [2.05, 4.69) is 33.9 Å². The highest BCUT2D eigenvalue weighted by Crippen LogP contribution is 2.11. The number of likely N-dealkylation sites (N-methyl/N-ethyl adjacent to an activating group) is 1. The molecule has 0 saturated carbocycles. The molecule has 0 spiro atoms. The van der Waals surface area contributed by atoms with E-state index in [1.54, 1.807) is 0 Å². The van der Waals surface area contributed by atoms with Crippen LogP contribution in [0.25, 0.3) is 0 Å². The summed E-state index contributed by atoms with van der Waals surface area (Å²) in [4.78, 5) is 6.14. The quantitative estimate of drug-likeness (QED) is 0.474. The van der Waals surface area contributed by atoms with Gasteiger partial charge in [-0.25, -0.2) is 24.0 Å². The largest absolute Gasteiger partial charge is 0.308 e. The van der Waals surface area contributed by atoms with Crippen LogP contribution in [-0.2, 0) is 10.0 Å². The summed E-state index contributed by atoms with van der Waals surface area (Å²) >= 11 is 0. The van der Waals surface area contributed by atoms with Crippen LogP contribution < -0.4 is 16.0 Å². The highest BCUT2D eigenvalue weighted by molar-refractivity contribution is 7.89. The Morgan fingerprint density at radius 3 is 2.80 bits per heavy atom. The molecule has 20 heavy (non-hydrogen) atoms. The molecule has 114 valence electrons. The Hall–Kier alpha value is -1.22. The molecule has 0 saturated heterocycles. The predicted octanol–water partition coefficient (Wildman–Crippen LogP) is 0.376. The number of rotatable bonds is 8. The molecule has 0 aromatic carbocycles. The second-order valence-corrected chi connectivity index (χ2v) is 6.42. The van der Waals surface area contributed by atoms with Gasteiger partial charge in [-0.05, 0) is 26.5 Å². The summed E-state index contributed by atoms with van der Waals surface area (Å²) < 4.78 is 26.8. The Bertz CT molecular complexity index is 520. The molecule has 4 N–H and O–H groups in total. The number of aromatic nitrogens is 1. The zero-order chi connectivity index (χ0) is 15.2. The van der Waals surface area contributed by atoms with Crippen molar-refractivity contribution >= 4 is 15.8 Å². The third kappa shape index (κ3) is 4.71. The van der Waals surface area contributed by atoms with Crippen molar-refractivity contribution in [1.29, 1.82) is 0 Å². The monoisotopic (exact) mass is 301 g/mol. The van der Waals surface area contributed by atoms with E-state index in [1.165, 1.54) is 18.3 Å². The van der Waals surface area contributed by atoms with Crippen molar-refractivity contribution in [3.05, 3.63) is 18.3 Å². The fourth-order valence-corrected chi connectivity index (χ4v) is 2.66. The number of nitrogen functional groups attached to an aromatic ring is 1. The first-order valence-electron chi connectivity index (χ1n) is 6.53. The van der Waals surface area contributed by atoms with Crippen molar-refractivity contribution in [1.82, 2.24) is 14.6 Å². The van der Waals surface area contributed by atoms with Gasteiger partial charge in [0.1, 0.15) is 5.82 Å². The second kappa shape index (κ2) is 7.53. The Morgan fingerprint density at radius 2 is 2.20 bits per heavy atom. The fourth-order valence-electron chi connectivity index (χ4n) is 1.63. The van der Waals surface area contributed by atoms with Gasteiger partial charge in [0.05, 0.1) is 4.90 Å². The maximum Gasteiger partial charge on any atom is 0.240 e. The second-order valence-electron chi connectivity index (χ2n) is 4.66. The average molecular weight is 301 g/mol. The zero-order valence-corrected chi connectivity index (χ0v) is 12.9. The molecule has 8 heteroatoms. The van der Waals surface area contributed by atoms with Gasteiger partial charge >= 0.3 is 0 Å². The Morgan fingerprint density at radius 1 is 1.50 bits per heavy atom. The molecular weight excluding hydrogens is 278 g/mol. The van der Waals surface area contributed by atoms with Gasteiger partial charge in [-0.1, -0.05) is 6.92 Å². The summed E-state index contributed by atoms with van der Waals surface area (Å²) in [5.74, 6) is 5.53. The van der Waals surface area contributed by atoms with Gasteiger partial charge in [0, 0.05) is 31.4 Å². The van der Waals surface area contributed by atoms with Crippen LogP contribution in [0.5, 0.6) is 0 Å². The number of sulfonamides is 1. The average Bonchev–Trinajstić information content (AvgIpc) is 2.46. The zero-order valence-electron chi connectivity index (χ0n) is 12.1. The van der Waals surface area contributed by atoms with Gasteiger partial charge in [-0.3, -0.25) is 0 Å². The Labute approximate surface area is 120 Å². The molecular formula is C12H23N5O2S. The van der Waals surface area contributed by atoms with Crippen LogP contribution >= 0.6 is 0 Å². The molecule has 0 radical (unpaired) electrons. The highest BCUT2D eigenvalue weighted by Gasteiger charge is 2.15. The van der Waals surface area contributed by atoms with Gasteiger partial charge in [-0.15, -0.1) is 0 Å². The normalized spacial score (nSPS) is 13.4. The maximum atomic E-state index is 12.1. The number of nitrogens with one attached hydrogen (secondary N) is 2. The summed E-state index contributed by atoms with van der Waals surface area (Å²) in [6.45, 7) is 5.22. The summed E-state index contributed by atoms with van der Waals surface area (Å²) in [5, 5.41) is 0. The highest BCUT2D eigenvalue weighted by atomic mass is 32.2. The molecule has 0 bridgehead atoms. The summed E-state index contributed by atoms with van der Waals surface area (Å²) in [6.07, 6.45) is 2.42. The minimum Gasteiger partial charge on any atom is -0.308 e. The van der Waals surface area contributed by atoms with Crippen LogP contribution in [0.2, 0.25) is 0 Å². The van der Waals surface area contributed by atoms with Crippen LogP contribution in [0, 0.1) is 0 Å². The fraction of sp³-hybridized carbons (Fsp3) is 0.583. The van der Waals surface area contributed by atoms with Gasteiger partial charge in [0.25, 0.3) is 0 Å². The molecule has 7 nitrogen and oxygen atoms in total. The predicted molar refractivity (Wildman–Crippen MR) is 79.6 cm³/mol. The van der Waals surface area contributed by atoms with E-state index in [-0.39, 0.29) is 4.90 Å². The molecule has 0 fully saturated rings. The lowest BCUT2D eigenvalue weighted by Gasteiger charge is -2.23. The van der Waals surface area contributed by atoms with Crippen LogP contribution in [-0.4, -0.2) is 44.5 Å². The van der Waals surface area contributed by atoms with Crippen LogP contribution in [0.15, 0.2) is 23.2 Å². The number of anilines is 1. The van der Waals surface area contributed by atoms with Gasteiger partial charge in [0.15, 0.2) is 0 Å². The lowest BCUT2D eigenvalue weighted by Crippen LogP contribution is -2.37. The molecule has 0 aliphatic rings. The third-order valence-corrected chi connectivity index (χ3v) is 4.75. The Kier molecular flexibility index (Phi) is 6.34. The number of nitrogens with zero attached hydrogens (tertiary/aromatic N) is 2. The summed E-state index contributed by atoms with van der Waals surface area (Å²) in [6, 6.07) is 3.25. The van der Waals surface area contributed by atoms with Crippen LogP contribution in [0.4, 0.5) is 5.82 Å². The Balaban J connectivity index is 2.61. The molecule has 1 rings (SSSR count). The number of hydrazine groups is 1. The van der Waals surface area contributed by atoms with Gasteiger partial charge in [-0.2, -0.15) is 0 Å². The van der Waals surface area contributed by atoms with Gasteiger partial charge in [0.2, 0.25) is 10.0 Å². The summed E-state index contributed by atoms with van der Waals surface area (Å²) in [5.41, 5.74) is 2.32. The van der Waals surface area contributed by atoms with Crippen LogP contribution in [0.1, 0.15) is 20.3 Å². The molecule has 1 aromatic rings. The third-order valence-electron chi connectivity index (χ3n) is 3.29. The van der Waals surface area contributed by atoms with E-state index in [1.807, 2.05) is 7.05 Å². The molecule has 0 amide bonds. The smallest absolute Gasteiger partial charge is 0.240 e.